The molecule has 0 saturated heterocycles. The molecule has 0 aromatic heterocycles. The Hall–Kier alpha value is -0.960. The Morgan fingerprint density at radius 1 is 1.17 bits per heavy atom. The van der Waals surface area contributed by atoms with Crippen LogP contribution in [-0.2, 0) is 6.42 Å². The Kier molecular flexibility index (Phi) is 3.71. The van der Waals surface area contributed by atoms with E-state index in [1.165, 1.54) is 18.2 Å². The molecule has 1 fully saturated rings. The molecule has 1 aromatic rings. The second kappa shape index (κ2) is 4.96. The Morgan fingerprint density at radius 2 is 1.67 bits per heavy atom. The van der Waals surface area contributed by atoms with Crippen molar-refractivity contribution >= 4 is 0 Å². The summed E-state index contributed by atoms with van der Waals surface area (Å²) < 4.78 is 27.3. The van der Waals surface area contributed by atoms with Crippen LogP contribution in [0.1, 0.15) is 38.7 Å². The molecule has 1 aliphatic rings. The SMILES string of the molecule is CC1CC(C)CC(N)(Cc2c(F)cccc2F)C1. The van der Waals surface area contributed by atoms with Gasteiger partial charge in [0.25, 0.3) is 0 Å². The van der Waals surface area contributed by atoms with Crippen LogP contribution in [0.2, 0.25) is 0 Å². The van der Waals surface area contributed by atoms with Gasteiger partial charge in [-0.2, -0.15) is 0 Å². The van der Waals surface area contributed by atoms with Crippen molar-refractivity contribution in [2.24, 2.45) is 17.6 Å². The minimum atomic E-state index is -0.481. The third-order valence-electron chi connectivity index (χ3n) is 3.91. The van der Waals surface area contributed by atoms with E-state index in [9.17, 15) is 8.78 Å². The van der Waals surface area contributed by atoms with Crippen LogP contribution in [0.25, 0.3) is 0 Å². The number of benzene rings is 1. The molecule has 2 atom stereocenters. The summed E-state index contributed by atoms with van der Waals surface area (Å²) in [6, 6.07) is 4.00. The van der Waals surface area contributed by atoms with E-state index < -0.39 is 17.2 Å². The van der Waals surface area contributed by atoms with Crippen LogP contribution >= 0.6 is 0 Å². The number of hydrogen-bond donors (Lipinski definition) is 1. The van der Waals surface area contributed by atoms with Gasteiger partial charge in [0.2, 0.25) is 0 Å². The van der Waals surface area contributed by atoms with Crippen molar-refractivity contribution in [3.8, 4) is 0 Å². The zero-order valence-electron chi connectivity index (χ0n) is 11.0. The van der Waals surface area contributed by atoms with Gasteiger partial charge < -0.3 is 5.73 Å². The molecule has 2 N–H and O–H groups in total. The van der Waals surface area contributed by atoms with Gasteiger partial charge in [-0.25, -0.2) is 8.78 Å². The summed E-state index contributed by atoms with van der Waals surface area (Å²) in [4.78, 5) is 0. The van der Waals surface area contributed by atoms with Crippen molar-refractivity contribution in [2.75, 3.05) is 0 Å². The van der Waals surface area contributed by atoms with Gasteiger partial charge >= 0.3 is 0 Å². The highest BCUT2D eigenvalue weighted by Gasteiger charge is 2.35. The maximum absolute atomic E-state index is 13.7. The lowest BCUT2D eigenvalue weighted by atomic mass is 9.70. The van der Waals surface area contributed by atoms with Crippen LogP contribution in [0.15, 0.2) is 18.2 Å². The number of rotatable bonds is 2. The standard InChI is InChI=1S/C15H21F2N/c1-10-6-11(2)8-15(18,7-10)9-12-13(16)4-3-5-14(12)17/h3-5,10-11H,6-9,18H2,1-2H3. The molecular formula is C15H21F2N. The van der Waals surface area contributed by atoms with Crippen molar-refractivity contribution in [3.63, 3.8) is 0 Å². The quantitative estimate of drug-likeness (QED) is 0.855. The molecular weight excluding hydrogens is 232 g/mol. The summed E-state index contributed by atoms with van der Waals surface area (Å²) in [5, 5.41) is 0. The first-order valence-corrected chi connectivity index (χ1v) is 6.61. The summed E-state index contributed by atoms with van der Waals surface area (Å²) in [5.74, 6) is 0.0820. The second-order valence-corrected chi connectivity index (χ2v) is 6.09. The van der Waals surface area contributed by atoms with E-state index in [-0.39, 0.29) is 5.56 Å². The van der Waals surface area contributed by atoms with E-state index in [2.05, 4.69) is 13.8 Å². The topological polar surface area (TPSA) is 26.0 Å². The van der Waals surface area contributed by atoms with Gasteiger partial charge in [0.05, 0.1) is 0 Å². The highest BCUT2D eigenvalue weighted by molar-refractivity contribution is 5.22. The summed E-state index contributed by atoms with van der Waals surface area (Å²) in [6.45, 7) is 4.32. The molecule has 2 unspecified atom stereocenters. The van der Waals surface area contributed by atoms with Gasteiger partial charge in [-0.05, 0) is 49.7 Å². The highest BCUT2D eigenvalue weighted by atomic mass is 19.1. The lowest BCUT2D eigenvalue weighted by Crippen LogP contribution is -2.48. The molecule has 1 aliphatic carbocycles. The molecule has 1 aromatic carbocycles. The van der Waals surface area contributed by atoms with E-state index in [0.29, 0.717) is 18.3 Å². The first-order valence-electron chi connectivity index (χ1n) is 6.61. The largest absolute Gasteiger partial charge is 0.325 e. The average Bonchev–Trinajstić information content (AvgIpc) is 2.21. The van der Waals surface area contributed by atoms with Crippen LogP contribution in [0.5, 0.6) is 0 Å². The van der Waals surface area contributed by atoms with Crippen LogP contribution in [0.3, 0.4) is 0 Å². The van der Waals surface area contributed by atoms with E-state index in [1.54, 1.807) is 0 Å². The fraction of sp³-hybridized carbons (Fsp3) is 0.600. The lowest BCUT2D eigenvalue weighted by molar-refractivity contribution is 0.180. The van der Waals surface area contributed by atoms with Crippen LogP contribution in [0.4, 0.5) is 8.78 Å². The minimum absolute atomic E-state index is 0.140. The Balaban J connectivity index is 2.22. The van der Waals surface area contributed by atoms with Gasteiger partial charge in [-0.3, -0.25) is 0 Å². The fourth-order valence-corrected chi connectivity index (χ4v) is 3.52. The first kappa shape index (κ1) is 13.5. The zero-order valence-corrected chi connectivity index (χ0v) is 11.0. The summed E-state index contributed by atoms with van der Waals surface area (Å²) in [7, 11) is 0. The molecule has 0 aliphatic heterocycles. The lowest BCUT2D eigenvalue weighted by Gasteiger charge is -2.40. The average molecular weight is 253 g/mol. The molecule has 18 heavy (non-hydrogen) atoms. The Labute approximate surface area is 107 Å². The maximum atomic E-state index is 13.7. The summed E-state index contributed by atoms with van der Waals surface area (Å²) in [6.07, 6.45) is 3.12. The predicted molar refractivity (Wildman–Crippen MR) is 69.2 cm³/mol. The molecule has 100 valence electrons. The van der Waals surface area contributed by atoms with E-state index in [0.717, 1.165) is 19.3 Å². The van der Waals surface area contributed by atoms with Crippen LogP contribution in [0, 0.1) is 23.5 Å². The summed E-state index contributed by atoms with van der Waals surface area (Å²) in [5.41, 5.74) is 6.04. The van der Waals surface area contributed by atoms with E-state index in [4.69, 9.17) is 5.73 Å². The molecule has 0 radical (unpaired) electrons. The predicted octanol–water partition coefficient (Wildman–Crippen LogP) is 3.66. The molecule has 0 spiro atoms. The fourth-order valence-electron chi connectivity index (χ4n) is 3.52. The number of nitrogens with two attached hydrogens (primary N) is 1. The monoisotopic (exact) mass is 253 g/mol. The van der Waals surface area contributed by atoms with Gasteiger partial charge in [0, 0.05) is 11.1 Å². The zero-order chi connectivity index (χ0) is 13.3. The van der Waals surface area contributed by atoms with Crippen molar-refractivity contribution in [3.05, 3.63) is 35.4 Å². The van der Waals surface area contributed by atoms with Crippen molar-refractivity contribution < 1.29 is 8.78 Å². The molecule has 0 bridgehead atoms. The van der Waals surface area contributed by atoms with Crippen molar-refractivity contribution in [1.29, 1.82) is 0 Å². The molecule has 0 amide bonds. The molecule has 1 nitrogen and oxygen atoms in total. The second-order valence-electron chi connectivity index (χ2n) is 6.09. The first-order chi connectivity index (χ1) is 8.39. The third kappa shape index (κ3) is 2.89. The Morgan fingerprint density at radius 3 is 2.17 bits per heavy atom. The summed E-state index contributed by atoms with van der Waals surface area (Å²) >= 11 is 0. The van der Waals surface area contributed by atoms with Crippen LogP contribution < -0.4 is 5.73 Å². The normalized spacial score (nSPS) is 32.5. The van der Waals surface area contributed by atoms with Crippen molar-refractivity contribution in [1.82, 2.24) is 0 Å². The Bertz CT molecular complexity index is 400. The molecule has 2 rings (SSSR count). The van der Waals surface area contributed by atoms with Gasteiger partial charge in [-0.1, -0.05) is 19.9 Å². The molecule has 3 heteroatoms. The smallest absolute Gasteiger partial charge is 0.129 e. The number of hydrogen-bond acceptors (Lipinski definition) is 1. The van der Waals surface area contributed by atoms with Gasteiger partial charge in [0.1, 0.15) is 11.6 Å². The highest BCUT2D eigenvalue weighted by Crippen LogP contribution is 2.37. The molecule has 0 heterocycles. The van der Waals surface area contributed by atoms with Gasteiger partial charge in [-0.15, -0.1) is 0 Å². The minimum Gasteiger partial charge on any atom is -0.325 e. The number of halogens is 2. The maximum Gasteiger partial charge on any atom is 0.129 e. The van der Waals surface area contributed by atoms with Gasteiger partial charge in [0.15, 0.2) is 0 Å². The molecule has 1 saturated carbocycles. The van der Waals surface area contributed by atoms with Crippen LogP contribution in [-0.4, -0.2) is 5.54 Å². The van der Waals surface area contributed by atoms with E-state index in [1.807, 2.05) is 0 Å². The van der Waals surface area contributed by atoms with Crippen molar-refractivity contribution in [2.45, 2.75) is 45.1 Å². The van der Waals surface area contributed by atoms with E-state index >= 15 is 0 Å². The third-order valence-corrected chi connectivity index (χ3v) is 3.91.